The molecule has 6 heteroatoms. The summed E-state index contributed by atoms with van der Waals surface area (Å²) in [7, 11) is 0. The maximum atomic E-state index is 13.5. The van der Waals surface area contributed by atoms with Gasteiger partial charge in [0.1, 0.15) is 11.4 Å². The van der Waals surface area contributed by atoms with Gasteiger partial charge in [-0.1, -0.05) is 0 Å². The van der Waals surface area contributed by atoms with Crippen LogP contribution in [0.25, 0.3) is 0 Å². The topological polar surface area (TPSA) is 45.7 Å². The van der Waals surface area contributed by atoms with Crippen molar-refractivity contribution in [1.82, 2.24) is 9.88 Å². The Morgan fingerprint density at radius 1 is 1.24 bits per heavy atom. The van der Waals surface area contributed by atoms with Crippen LogP contribution in [0.2, 0.25) is 0 Å². The fraction of sp³-hybridized carbons (Fsp3) is 0.478. The van der Waals surface area contributed by atoms with Crippen molar-refractivity contribution >= 4 is 11.6 Å². The largest absolute Gasteiger partial charge is 0.477 e. The lowest BCUT2D eigenvalue weighted by Crippen LogP contribution is -2.49. The molecule has 1 spiro atoms. The van der Waals surface area contributed by atoms with Crippen LogP contribution < -0.4 is 9.64 Å². The van der Waals surface area contributed by atoms with E-state index in [2.05, 4.69) is 23.7 Å². The SMILES string of the molecule is CCOc1ncccc1C(=O)N1CCCC12CN(c1ccc(F)cc1)C(C)(C)C2. The molecule has 1 amide bonds. The van der Waals surface area contributed by atoms with E-state index in [1.54, 1.807) is 18.3 Å². The average molecular weight is 397 g/mol. The molecule has 2 saturated heterocycles. The Morgan fingerprint density at radius 2 is 2.00 bits per heavy atom. The minimum Gasteiger partial charge on any atom is -0.477 e. The zero-order valence-electron chi connectivity index (χ0n) is 17.3. The number of ether oxygens (including phenoxy) is 1. The summed E-state index contributed by atoms with van der Waals surface area (Å²) in [5.41, 5.74) is 1.13. The molecule has 29 heavy (non-hydrogen) atoms. The average Bonchev–Trinajstić information content (AvgIpc) is 3.22. The summed E-state index contributed by atoms with van der Waals surface area (Å²) in [5.74, 6) is 0.142. The number of carbonyl (C=O) groups excluding carboxylic acids is 1. The number of hydrogen-bond donors (Lipinski definition) is 0. The maximum absolute atomic E-state index is 13.5. The monoisotopic (exact) mass is 397 g/mol. The van der Waals surface area contributed by atoms with Gasteiger partial charge >= 0.3 is 0 Å². The van der Waals surface area contributed by atoms with Crippen LogP contribution in [-0.4, -0.2) is 46.6 Å². The molecule has 1 unspecified atom stereocenters. The molecule has 1 aromatic carbocycles. The molecule has 5 nitrogen and oxygen atoms in total. The number of amides is 1. The Kier molecular flexibility index (Phi) is 4.97. The van der Waals surface area contributed by atoms with Gasteiger partial charge in [-0.25, -0.2) is 9.37 Å². The normalized spacial score (nSPS) is 23.0. The molecule has 2 aromatic rings. The van der Waals surface area contributed by atoms with Crippen LogP contribution in [0.3, 0.4) is 0 Å². The van der Waals surface area contributed by atoms with Gasteiger partial charge in [0, 0.05) is 30.5 Å². The van der Waals surface area contributed by atoms with Crippen LogP contribution in [0.4, 0.5) is 10.1 Å². The second-order valence-electron chi connectivity index (χ2n) is 8.63. The number of likely N-dealkylation sites (tertiary alicyclic amines) is 1. The number of anilines is 1. The van der Waals surface area contributed by atoms with Crippen molar-refractivity contribution in [1.29, 1.82) is 0 Å². The van der Waals surface area contributed by atoms with Gasteiger partial charge in [0.05, 0.1) is 12.1 Å². The number of nitrogens with zero attached hydrogens (tertiary/aromatic N) is 3. The van der Waals surface area contributed by atoms with E-state index in [9.17, 15) is 9.18 Å². The molecule has 0 N–H and O–H groups in total. The van der Waals surface area contributed by atoms with E-state index in [1.165, 1.54) is 12.1 Å². The highest BCUT2D eigenvalue weighted by Crippen LogP contribution is 2.47. The molecule has 2 aliphatic heterocycles. The van der Waals surface area contributed by atoms with Crippen LogP contribution in [0.1, 0.15) is 50.4 Å². The molecule has 2 aliphatic rings. The summed E-state index contributed by atoms with van der Waals surface area (Å²) in [6, 6.07) is 10.2. The van der Waals surface area contributed by atoms with Crippen LogP contribution in [0.5, 0.6) is 5.88 Å². The first-order chi connectivity index (χ1) is 13.9. The predicted molar refractivity (Wildman–Crippen MR) is 111 cm³/mol. The van der Waals surface area contributed by atoms with E-state index in [0.29, 0.717) is 18.1 Å². The summed E-state index contributed by atoms with van der Waals surface area (Å²) in [6.07, 6.45) is 4.46. The Balaban J connectivity index is 1.66. The van der Waals surface area contributed by atoms with Crippen molar-refractivity contribution in [2.24, 2.45) is 0 Å². The van der Waals surface area contributed by atoms with Crippen molar-refractivity contribution in [2.45, 2.75) is 51.1 Å². The summed E-state index contributed by atoms with van der Waals surface area (Å²) >= 11 is 0. The molecular formula is C23H28FN3O2. The fourth-order valence-electron chi connectivity index (χ4n) is 5.08. The van der Waals surface area contributed by atoms with E-state index in [1.807, 2.05) is 24.0 Å². The Bertz CT molecular complexity index is 899. The number of hydrogen-bond acceptors (Lipinski definition) is 4. The van der Waals surface area contributed by atoms with Gasteiger partial charge in [-0.2, -0.15) is 0 Å². The Labute approximate surface area is 171 Å². The second kappa shape index (κ2) is 7.32. The van der Waals surface area contributed by atoms with Gasteiger partial charge in [-0.15, -0.1) is 0 Å². The van der Waals surface area contributed by atoms with Crippen molar-refractivity contribution in [3.63, 3.8) is 0 Å². The van der Waals surface area contributed by atoms with Gasteiger partial charge < -0.3 is 14.5 Å². The molecule has 1 aromatic heterocycles. The first kappa shape index (κ1) is 19.7. The number of halogens is 1. The molecule has 0 radical (unpaired) electrons. The van der Waals surface area contributed by atoms with Crippen molar-refractivity contribution in [3.8, 4) is 5.88 Å². The number of carbonyl (C=O) groups is 1. The van der Waals surface area contributed by atoms with Crippen LogP contribution in [0, 0.1) is 5.82 Å². The summed E-state index contributed by atoms with van der Waals surface area (Å²) in [4.78, 5) is 22.1. The highest BCUT2D eigenvalue weighted by molar-refractivity contribution is 5.97. The third kappa shape index (κ3) is 3.45. The van der Waals surface area contributed by atoms with Crippen LogP contribution in [0.15, 0.2) is 42.6 Å². The Hall–Kier alpha value is -2.63. The molecule has 1 atom stereocenters. The number of pyridine rings is 1. The van der Waals surface area contributed by atoms with E-state index in [0.717, 1.165) is 38.0 Å². The van der Waals surface area contributed by atoms with E-state index in [-0.39, 0.29) is 22.8 Å². The van der Waals surface area contributed by atoms with Crippen molar-refractivity contribution in [3.05, 3.63) is 54.0 Å². The predicted octanol–water partition coefficient (Wildman–Crippen LogP) is 4.28. The zero-order chi connectivity index (χ0) is 20.6. The highest BCUT2D eigenvalue weighted by atomic mass is 19.1. The molecule has 154 valence electrons. The first-order valence-corrected chi connectivity index (χ1v) is 10.3. The summed E-state index contributed by atoms with van der Waals surface area (Å²) < 4.78 is 19.0. The van der Waals surface area contributed by atoms with E-state index < -0.39 is 0 Å². The smallest absolute Gasteiger partial charge is 0.259 e. The molecule has 2 fully saturated rings. The first-order valence-electron chi connectivity index (χ1n) is 10.3. The quantitative estimate of drug-likeness (QED) is 0.772. The number of rotatable bonds is 4. The van der Waals surface area contributed by atoms with Gasteiger partial charge in [0.15, 0.2) is 0 Å². The lowest BCUT2D eigenvalue weighted by atomic mass is 9.87. The van der Waals surface area contributed by atoms with Gasteiger partial charge in [-0.3, -0.25) is 4.79 Å². The molecule has 3 heterocycles. The third-order valence-corrected chi connectivity index (χ3v) is 6.21. The minimum atomic E-state index is -0.242. The molecule has 4 rings (SSSR count). The van der Waals surface area contributed by atoms with Crippen molar-refractivity contribution in [2.75, 3.05) is 24.6 Å². The van der Waals surface area contributed by atoms with E-state index >= 15 is 0 Å². The van der Waals surface area contributed by atoms with Gasteiger partial charge in [0.25, 0.3) is 5.91 Å². The zero-order valence-corrected chi connectivity index (χ0v) is 17.3. The Morgan fingerprint density at radius 3 is 2.72 bits per heavy atom. The van der Waals surface area contributed by atoms with Crippen LogP contribution >= 0.6 is 0 Å². The maximum Gasteiger partial charge on any atom is 0.259 e. The minimum absolute atomic E-state index is 0.0178. The molecular weight excluding hydrogens is 369 g/mol. The summed E-state index contributed by atoms with van der Waals surface area (Å²) in [5, 5.41) is 0. The fourth-order valence-corrected chi connectivity index (χ4v) is 5.08. The molecule has 0 aliphatic carbocycles. The van der Waals surface area contributed by atoms with Crippen LogP contribution in [-0.2, 0) is 0 Å². The standard InChI is InChI=1S/C23H28FN3O2/c1-4-29-20-19(7-5-13-25-20)21(28)26-14-6-12-23(26)15-22(2,3)27(16-23)18-10-8-17(24)9-11-18/h5,7-11,13H,4,6,12,14-16H2,1-3H3. The lowest BCUT2D eigenvalue weighted by Gasteiger charge is -2.35. The lowest BCUT2D eigenvalue weighted by molar-refractivity contribution is 0.0612. The second-order valence-corrected chi connectivity index (χ2v) is 8.63. The molecule has 0 bridgehead atoms. The van der Waals surface area contributed by atoms with Gasteiger partial charge in [-0.05, 0) is 76.4 Å². The highest BCUT2D eigenvalue weighted by Gasteiger charge is 2.55. The molecule has 0 saturated carbocycles. The third-order valence-electron chi connectivity index (χ3n) is 6.21. The van der Waals surface area contributed by atoms with E-state index in [4.69, 9.17) is 4.74 Å². The van der Waals surface area contributed by atoms with Crippen molar-refractivity contribution < 1.29 is 13.9 Å². The summed E-state index contributed by atoms with van der Waals surface area (Å²) in [6.45, 7) is 8.21. The number of aromatic nitrogens is 1. The van der Waals surface area contributed by atoms with Gasteiger partial charge in [0.2, 0.25) is 5.88 Å². The number of benzene rings is 1.